The zero-order chi connectivity index (χ0) is 39.1. The van der Waals surface area contributed by atoms with E-state index in [0.29, 0.717) is 17.5 Å². The molecule has 4 nitrogen and oxygen atoms in total. The molecule has 0 radical (unpaired) electrons. The van der Waals surface area contributed by atoms with Crippen LogP contribution in [0, 0.1) is 0 Å². The molecule has 0 aliphatic rings. The summed E-state index contributed by atoms with van der Waals surface area (Å²) in [5, 5.41) is 4.32. The maximum atomic E-state index is 6.69. The largest absolute Gasteiger partial charge is 0.456 e. The highest BCUT2D eigenvalue weighted by Crippen LogP contribution is 2.43. The quantitative estimate of drug-likeness (QED) is 0.163. The minimum absolute atomic E-state index is 0.579. The van der Waals surface area contributed by atoms with Crippen LogP contribution in [0.25, 0.3) is 111 Å². The number of nitrogens with zero attached hydrogens (tertiary/aromatic N) is 3. The Morgan fingerprint density at radius 3 is 1.58 bits per heavy atom. The summed E-state index contributed by atoms with van der Waals surface area (Å²) < 4.78 is 6.69. The summed E-state index contributed by atoms with van der Waals surface area (Å²) in [7, 11) is 0. The molecule has 4 heteroatoms. The molecule has 0 atom stereocenters. The molecule has 0 N–H and O–H groups in total. The van der Waals surface area contributed by atoms with Gasteiger partial charge in [-0.1, -0.05) is 188 Å². The Hall–Kier alpha value is -7.95. The van der Waals surface area contributed by atoms with Gasteiger partial charge in [0, 0.05) is 27.5 Å². The molecular weight excluding hydrogens is 719 g/mol. The van der Waals surface area contributed by atoms with Crippen LogP contribution in [0.1, 0.15) is 0 Å². The smallest absolute Gasteiger partial charge is 0.164 e. The van der Waals surface area contributed by atoms with E-state index in [9.17, 15) is 0 Å². The molecule has 2 aromatic heterocycles. The second-order valence-corrected chi connectivity index (χ2v) is 14.8. The molecule has 0 saturated carbocycles. The van der Waals surface area contributed by atoms with Gasteiger partial charge in [0.15, 0.2) is 17.5 Å². The highest BCUT2D eigenvalue weighted by atomic mass is 16.3. The van der Waals surface area contributed by atoms with Crippen molar-refractivity contribution in [3.63, 3.8) is 0 Å². The Kier molecular flexibility index (Phi) is 8.45. The van der Waals surface area contributed by atoms with E-state index >= 15 is 0 Å². The Bertz CT molecular complexity index is 3300. The summed E-state index contributed by atoms with van der Waals surface area (Å²) in [4.78, 5) is 15.4. The second kappa shape index (κ2) is 14.5. The van der Waals surface area contributed by atoms with Crippen molar-refractivity contribution in [1.82, 2.24) is 15.0 Å². The summed E-state index contributed by atoms with van der Waals surface area (Å²) >= 11 is 0. The van der Waals surface area contributed by atoms with Crippen molar-refractivity contribution in [3.05, 3.63) is 212 Å². The first kappa shape index (κ1) is 34.3. The standard InChI is InChI=1S/C55H35N3O/c1-4-14-36(15-5-1)38-26-28-41(29-27-38)53-56-54(58-55(57-53)47-24-12-21-39-20-10-11-22-44(39)47)43-31-33-48-51(35-43)59-50-25-13-23-46(52(48)50)45-32-30-42(37-16-6-2-7-17-37)34-49(45)40-18-8-3-9-19-40/h1-35H. The summed E-state index contributed by atoms with van der Waals surface area (Å²) in [5.74, 6) is 1.81. The topological polar surface area (TPSA) is 51.8 Å². The predicted molar refractivity (Wildman–Crippen MR) is 243 cm³/mol. The molecule has 59 heavy (non-hydrogen) atoms. The summed E-state index contributed by atoms with van der Waals surface area (Å²) in [6, 6.07) is 74.1. The first-order valence-corrected chi connectivity index (χ1v) is 19.8. The Morgan fingerprint density at radius 1 is 0.271 bits per heavy atom. The second-order valence-electron chi connectivity index (χ2n) is 14.8. The van der Waals surface area contributed by atoms with Gasteiger partial charge in [0.1, 0.15) is 11.2 Å². The molecule has 0 amide bonds. The van der Waals surface area contributed by atoms with E-state index < -0.39 is 0 Å². The SMILES string of the molecule is c1ccc(-c2ccc(-c3nc(-c4ccc5c(c4)oc4cccc(-c6ccc(-c7ccccc7)cc6-c6ccccc6)c45)nc(-c4cccc5ccccc45)n3)cc2)cc1. The van der Waals surface area contributed by atoms with E-state index in [-0.39, 0.29) is 0 Å². The molecule has 0 spiro atoms. The lowest BCUT2D eigenvalue weighted by atomic mass is 9.89. The minimum atomic E-state index is 0.579. The van der Waals surface area contributed by atoms with Crippen LogP contribution in [0.5, 0.6) is 0 Å². The third-order valence-corrected chi connectivity index (χ3v) is 11.2. The van der Waals surface area contributed by atoms with E-state index in [4.69, 9.17) is 19.4 Å². The van der Waals surface area contributed by atoms with Gasteiger partial charge in [-0.05, 0) is 79.5 Å². The number of benzene rings is 9. The lowest BCUT2D eigenvalue weighted by Crippen LogP contribution is -2.00. The van der Waals surface area contributed by atoms with Crippen LogP contribution in [-0.4, -0.2) is 15.0 Å². The van der Waals surface area contributed by atoms with Gasteiger partial charge < -0.3 is 4.42 Å². The Balaban J connectivity index is 1.06. The van der Waals surface area contributed by atoms with Crippen molar-refractivity contribution < 1.29 is 4.42 Å². The van der Waals surface area contributed by atoms with Crippen LogP contribution in [0.3, 0.4) is 0 Å². The summed E-state index contributed by atoms with van der Waals surface area (Å²) in [5.41, 5.74) is 13.6. The lowest BCUT2D eigenvalue weighted by molar-refractivity contribution is 0.669. The van der Waals surface area contributed by atoms with Crippen molar-refractivity contribution in [2.75, 3.05) is 0 Å². The number of rotatable bonds is 7. The number of hydrogen-bond acceptors (Lipinski definition) is 4. The third-order valence-electron chi connectivity index (χ3n) is 11.2. The lowest BCUT2D eigenvalue weighted by Gasteiger charge is -2.14. The van der Waals surface area contributed by atoms with E-state index in [1.807, 2.05) is 6.07 Å². The summed E-state index contributed by atoms with van der Waals surface area (Å²) in [6.45, 7) is 0. The summed E-state index contributed by atoms with van der Waals surface area (Å²) in [6.07, 6.45) is 0. The van der Waals surface area contributed by atoms with Crippen LogP contribution < -0.4 is 0 Å². The van der Waals surface area contributed by atoms with Crippen LogP contribution >= 0.6 is 0 Å². The molecule has 2 heterocycles. The molecule has 11 aromatic rings. The fourth-order valence-electron chi connectivity index (χ4n) is 8.25. The van der Waals surface area contributed by atoms with E-state index in [1.54, 1.807) is 0 Å². The number of fused-ring (bicyclic) bond motifs is 4. The van der Waals surface area contributed by atoms with Crippen LogP contribution in [0.4, 0.5) is 0 Å². The molecule has 0 bridgehead atoms. The maximum Gasteiger partial charge on any atom is 0.164 e. The van der Waals surface area contributed by atoms with Crippen molar-refractivity contribution in [2.24, 2.45) is 0 Å². The molecule has 276 valence electrons. The van der Waals surface area contributed by atoms with Crippen LogP contribution in [0.2, 0.25) is 0 Å². The average Bonchev–Trinajstić information content (AvgIpc) is 3.70. The van der Waals surface area contributed by atoms with Crippen LogP contribution in [0.15, 0.2) is 217 Å². The van der Waals surface area contributed by atoms with Gasteiger partial charge in [-0.3, -0.25) is 0 Å². The highest BCUT2D eigenvalue weighted by Gasteiger charge is 2.19. The van der Waals surface area contributed by atoms with Crippen molar-refractivity contribution in [3.8, 4) is 78.7 Å². The van der Waals surface area contributed by atoms with Crippen molar-refractivity contribution in [1.29, 1.82) is 0 Å². The molecule has 0 fully saturated rings. The van der Waals surface area contributed by atoms with Gasteiger partial charge in [-0.2, -0.15) is 0 Å². The highest BCUT2D eigenvalue weighted by molar-refractivity contribution is 6.14. The molecule has 9 aromatic carbocycles. The van der Waals surface area contributed by atoms with Gasteiger partial charge in [0.2, 0.25) is 0 Å². The zero-order valence-electron chi connectivity index (χ0n) is 32.0. The van der Waals surface area contributed by atoms with Gasteiger partial charge in [0.05, 0.1) is 0 Å². The van der Waals surface area contributed by atoms with Gasteiger partial charge >= 0.3 is 0 Å². The fourth-order valence-corrected chi connectivity index (χ4v) is 8.25. The number of aromatic nitrogens is 3. The van der Waals surface area contributed by atoms with E-state index in [0.717, 1.165) is 77.2 Å². The van der Waals surface area contributed by atoms with Crippen molar-refractivity contribution >= 4 is 32.7 Å². The van der Waals surface area contributed by atoms with Crippen molar-refractivity contribution in [2.45, 2.75) is 0 Å². The van der Waals surface area contributed by atoms with E-state index in [1.165, 1.54) is 16.7 Å². The third kappa shape index (κ3) is 6.34. The molecule has 0 saturated heterocycles. The van der Waals surface area contributed by atoms with E-state index in [2.05, 4.69) is 206 Å². The van der Waals surface area contributed by atoms with Gasteiger partial charge in [-0.15, -0.1) is 0 Å². The molecular formula is C55H35N3O. The normalized spacial score (nSPS) is 11.4. The molecule has 0 unspecified atom stereocenters. The molecule has 0 aliphatic carbocycles. The fraction of sp³-hybridized carbons (Fsp3) is 0. The van der Waals surface area contributed by atoms with Gasteiger partial charge in [-0.25, -0.2) is 15.0 Å². The monoisotopic (exact) mass is 753 g/mol. The predicted octanol–water partition coefficient (Wildman–Crippen LogP) is 14.6. The van der Waals surface area contributed by atoms with Crippen LogP contribution in [-0.2, 0) is 0 Å². The first-order valence-electron chi connectivity index (χ1n) is 19.8. The number of hydrogen-bond donors (Lipinski definition) is 0. The maximum absolute atomic E-state index is 6.69. The minimum Gasteiger partial charge on any atom is -0.456 e. The Labute approximate surface area is 341 Å². The molecule has 11 rings (SSSR count). The number of furan rings is 1. The Morgan fingerprint density at radius 2 is 0.814 bits per heavy atom. The average molecular weight is 754 g/mol. The van der Waals surface area contributed by atoms with Gasteiger partial charge in [0.25, 0.3) is 0 Å². The first-order chi connectivity index (χ1) is 29.2. The molecule has 0 aliphatic heterocycles. The zero-order valence-corrected chi connectivity index (χ0v) is 32.0.